The van der Waals surface area contributed by atoms with E-state index in [4.69, 9.17) is 18.7 Å². The third kappa shape index (κ3) is 4.04. The normalized spacial score (nSPS) is 14.2. The molecule has 1 saturated heterocycles. The highest BCUT2D eigenvalue weighted by Gasteiger charge is 2.18. The number of rotatable bonds is 7. The molecule has 0 amide bonds. The fourth-order valence-corrected chi connectivity index (χ4v) is 3.74. The average Bonchev–Trinajstić information content (AvgIpc) is 3.47. The van der Waals surface area contributed by atoms with Gasteiger partial charge in [-0.25, -0.2) is 4.39 Å². The van der Waals surface area contributed by atoms with Crippen LogP contribution in [0.5, 0.6) is 5.75 Å². The number of morpholine rings is 1. The number of halogens is 1. The van der Waals surface area contributed by atoms with Crippen molar-refractivity contribution in [3.05, 3.63) is 48.3 Å². The Morgan fingerprint density at radius 3 is 2.69 bits per heavy atom. The molecule has 32 heavy (non-hydrogen) atoms. The van der Waals surface area contributed by atoms with Gasteiger partial charge in [0, 0.05) is 49.0 Å². The Kier molecular flexibility index (Phi) is 5.74. The van der Waals surface area contributed by atoms with Crippen LogP contribution in [0.4, 0.5) is 10.1 Å². The molecular formula is C23H23FN4O4. The standard InChI is InChI=1S/C23H23FN4O4/c1-29-10-11-31-21-14-20-17(12-18(21)24)23(26-25-20)22-13-19(27-32-22)15-2-4-16(5-3-15)28-6-8-30-9-7-28/h2-5,12-14H,6-11H2,1H3,(H,25,26). The van der Waals surface area contributed by atoms with Crippen molar-refractivity contribution in [3.8, 4) is 28.5 Å². The number of anilines is 1. The molecule has 1 N–H and O–H groups in total. The Morgan fingerprint density at radius 2 is 1.91 bits per heavy atom. The summed E-state index contributed by atoms with van der Waals surface area (Å²) in [6.07, 6.45) is 0. The van der Waals surface area contributed by atoms with E-state index in [0.717, 1.165) is 37.6 Å². The zero-order chi connectivity index (χ0) is 21.9. The average molecular weight is 438 g/mol. The topological polar surface area (TPSA) is 85.6 Å². The highest BCUT2D eigenvalue weighted by atomic mass is 19.1. The lowest BCUT2D eigenvalue weighted by Gasteiger charge is -2.28. The number of hydrogen-bond acceptors (Lipinski definition) is 7. The van der Waals surface area contributed by atoms with Crippen molar-refractivity contribution in [1.29, 1.82) is 0 Å². The lowest BCUT2D eigenvalue weighted by atomic mass is 10.1. The minimum absolute atomic E-state index is 0.142. The van der Waals surface area contributed by atoms with E-state index in [1.165, 1.54) is 6.07 Å². The predicted molar refractivity (Wildman–Crippen MR) is 117 cm³/mol. The SMILES string of the molecule is COCCOc1cc2[nH]nc(-c3cc(-c4ccc(N5CCOCC5)cc4)no3)c2cc1F. The molecule has 0 bridgehead atoms. The van der Waals surface area contributed by atoms with Crippen LogP contribution < -0.4 is 9.64 Å². The highest BCUT2D eigenvalue weighted by Crippen LogP contribution is 2.33. The van der Waals surface area contributed by atoms with Crippen LogP contribution >= 0.6 is 0 Å². The van der Waals surface area contributed by atoms with Crippen molar-refractivity contribution in [3.63, 3.8) is 0 Å². The second kappa shape index (κ2) is 8.97. The fourth-order valence-electron chi connectivity index (χ4n) is 3.74. The summed E-state index contributed by atoms with van der Waals surface area (Å²) < 4.78 is 35.8. The van der Waals surface area contributed by atoms with Gasteiger partial charge < -0.3 is 23.6 Å². The molecule has 3 heterocycles. The zero-order valence-electron chi connectivity index (χ0n) is 17.6. The maximum Gasteiger partial charge on any atom is 0.188 e. The van der Waals surface area contributed by atoms with E-state index in [1.807, 2.05) is 12.1 Å². The van der Waals surface area contributed by atoms with E-state index < -0.39 is 5.82 Å². The van der Waals surface area contributed by atoms with Crippen LogP contribution in [0.15, 0.2) is 47.0 Å². The van der Waals surface area contributed by atoms with E-state index in [9.17, 15) is 4.39 Å². The van der Waals surface area contributed by atoms with Crippen molar-refractivity contribution in [2.24, 2.45) is 0 Å². The number of H-pyrrole nitrogens is 1. The third-order valence-electron chi connectivity index (χ3n) is 5.44. The van der Waals surface area contributed by atoms with Gasteiger partial charge in [0.15, 0.2) is 17.3 Å². The molecule has 9 heteroatoms. The summed E-state index contributed by atoms with van der Waals surface area (Å²) in [5.74, 6) is 0.119. The van der Waals surface area contributed by atoms with E-state index in [-0.39, 0.29) is 12.4 Å². The summed E-state index contributed by atoms with van der Waals surface area (Å²) in [4.78, 5) is 2.29. The minimum Gasteiger partial charge on any atom is -0.488 e. The van der Waals surface area contributed by atoms with E-state index >= 15 is 0 Å². The Balaban J connectivity index is 1.37. The van der Waals surface area contributed by atoms with Crippen LogP contribution in [-0.4, -0.2) is 62.0 Å². The van der Waals surface area contributed by atoms with Crippen molar-refractivity contribution < 1.29 is 23.1 Å². The largest absolute Gasteiger partial charge is 0.488 e. The summed E-state index contributed by atoms with van der Waals surface area (Å²) >= 11 is 0. The lowest BCUT2D eigenvalue weighted by Crippen LogP contribution is -2.36. The van der Waals surface area contributed by atoms with Crippen molar-refractivity contribution in [2.75, 3.05) is 51.5 Å². The fraction of sp³-hybridized carbons (Fsp3) is 0.304. The summed E-state index contributed by atoms with van der Waals surface area (Å²) in [7, 11) is 1.56. The molecular weight excluding hydrogens is 415 g/mol. The van der Waals surface area contributed by atoms with Crippen LogP contribution in [0.3, 0.4) is 0 Å². The van der Waals surface area contributed by atoms with Gasteiger partial charge in [-0.3, -0.25) is 5.10 Å². The second-order valence-electron chi connectivity index (χ2n) is 7.46. The summed E-state index contributed by atoms with van der Waals surface area (Å²) in [6, 6.07) is 12.9. The molecule has 0 aliphatic carbocycles. The molecule has 1 aliphatic heterocycles. The molecule has 5 rings (SSSR count). The zero-order valence-corrected chi connectivity index (χ0v) is 17.6. The van der Waals surface area contributed by atoms with Gasteiger partial charge in [0.05, 0.1) is 25.3 Å². The second-order valence-corrected chi connectivity index (χ2v) is 7.46. The molecule has 2 aromatic carbocycles. The van der Waals surface area contributed by atoms with Crippen molar-refractivity contribution in [2.45, 2.75) is 0 Å². The number of methoxy groups -OCH3 is 1. The van der Waals surface area contributed by atoms with Gasteiger partial charge in [-0.1, -0.05) is 17.3 Å². The van der Waals surface area contributed by atoms with Crippen LogP contribution in [0.1, 0.15) is 0 Å². The Hall–Kier alpha value is -3.43. The van der Waals surface area contributed by atoms with Gasteiger partial charge in [-0.2, -0.15) is 5.10 Å². The van der Waals surface area contributed by atoms with E-state index in [0.29, 0.717) is 34.7 Å². The molecule has 0 radical (unpaired) electrons. The Morgan fingerprint density at radius 1 is 1.09 bits per heavy atom. The first-order valence-corrected chi connectivity index (χ1v) is 10.4. The van der Waals surface area contributed by atoms with Gasteiger partial charge >= 0.3 is 0 Å². The molecule has 0 atom stereocenters. The Bertz CT molecular complexity index is 1200. The molecule has 8 nitrogen and oxygen atoms in total. The van der Waals surface area contributed by atoms with E-state index in [1.54, 1.807) is 19.2 Å². The van der Waals surface area contributed by atoms with Gasteiger partial charge in [0.1, 0.15) is 18.0 Å². The number of aromatic amines is 1. The van der Waals surface area contributed by atoms with Gasteiger partial charge in [0.2, 0.25) is 0 Å². The van der Waals surface area contributed by atoms with Gasteiger partial charge in [-0.05, 0) is 18.2 Å². The molecule has 1 aliphatic rings. The number of fused-ring (bicyclic) bond motifs is 1. The van der Waals surface area contributed by atoms with Gasteiger partial charge in [0.25, 0.3) is 0 Å². The summed E-state index contributed by atoms with van der Waals surface area (Å²) in [5, 5.41) is 12.0. The third-order valence-corrected chi connectivity index (χ3v) is 5.44. The molecule has 4 aromatic rings. The quantitative estimate of drug-likeness (QED) is 0.438. The molecule has 166 valence electrons. The number of nitrogens with zero attached hydrogens (tertiary/aromatic N) is 3. The lowest BCUT2D eigenvalue weighted by molar-refractivity contribution is 0.122. The number of nitrogens with one attached hydrogen (secondary N) is 1. The van der Waals surface area contributed by atoms with E-state index in [2.05, 4.69) is 32.4 Å². The minimum atomic E-state index is -0.477. The summed E-state index contributed by atoms with van der Waals surface area (Å²) in [6.45, 7) is 3.89. The first-order valence-electron chi connectivity index (χ1n) is 10.4. The van der Waals surface area contributed by atoms with Crippen LogP contribution in [-0.2, 0) is 9.47 Å². The van der Waals surface area contributed by atoms with Crippen LogP contribution in [0.2, 0.25) is 0 Å². The predicted octanol–water partition coefficient (Wildman–Crippen LogP) is 3.89. The Labute approximate surface area is 183 Å². The first kappa shape index (κ1) is 20.5. The van der Waals surface area contributed by atoms with Crippen molar-refractivity contribution >= 4 is 16.6 Å². The molecule has 0 saturated carbocycles. The van der Waals surface area contributed by atoms with Crippen molar-refractivity contribution in [1.82, 2.24) is 15.4 Å². The number of hydrogen-bond donors (Lipinski definition) is 1. The molecule has 2 aromatic heterocycles. The van der Waals surface area contributed by atoms with Crippen LogP contribution in [0, 0.1) is 5.82 Å². The number of ether oxygens (including phenoxy) is 3. The molecule has 0 unspecified atom stereocenters. The summed E-state index contributed by atoms with van der Waals surface area (Å²) in [5.41, 5.74) is 3.90. The number of benzene rings is 2. The monoisotopic (exact) mass is 438 g/mol. The highest BCUT2D eigenvalue weighted by molar-refractivity contribution is 5.92. The number of aromatic nitrogens is 3. The maximum atomic E-state index is 14.5. The first-order chi connectivity index (χ1) is 15.7. The smallest absolute Gasteiger partial charge is 0.188 e. The maximum absolute atomic E-state index is 14.5. The molecule has 0 spiro atoms. The molecule has 1 fully saturated rings. The van der Waals surface area contributed by atoms with Gasteiger partial charge in [-0.15, -0.1) is 0 Å². The van der Waals surface area contributed by atoms with Crippen LogP contribution in [0.25, 0.3) is 33.6 Å².